The standard InChI is InChI=1S/C12H15NO3/c1-9(14)16-8-11(7-12(13)15)10-5-3-2-4-6-10/h2-6,11H,7-8H2,1H3,(H2,13,15). The summed E-state index contributed by atoms with van der Waals surface area (Å²) in [6.07, 6.45) is 0.178. The molecular weight excluding hydrogens is 206 g/mol. The molecule has 0 aliphatic heterocycles. The van der Waals surface area contributed by atoms with Crippen LogP contribution in [0.5, 0.6) is 0 Å². The van der Waals surface area contributed by atoms with Gasteiger partial charge in [-0.25, -0.2) is 0 Å². The van der Waals surface area contributed by atoms with Crippen LogP contribution in [-0.2, 0) is 14.3 Å². The average Bonchev–Trinajstić information content (AvgIpc) is 2.25. The summed E-state index contributed by atoms with van der Waals surface area (Å²) in [5.41, 5.74) is 6.10. The van der Waals surface area contributed by atoms with Gasteiger partial charge in [-0.2, -0.15) is 0 Å². The Morgan fingerprint density at radius 3 is 2.44 bits per heavy atom. The number of nitrogens with two attached hydrogens (primary N) is 1. The first-order chi connectivity index (χ1) is 7.59. The molecule has 1 rings (SSSR count). The highest BCUT2D eigenvalue weighted by Gasteiger charge is 2.15. The summed E-state index contributed by atoms with van der Waals surface area (Å²) in [4.78, 5) is 21.6. The fourth-order valence-electron chi connectivity index (χ4n) is 1.46. The summed E-state index contributed by atoms with van der Waals surface area (Å²) in [6, 6.07) is 9.40. The maximum Gasteiger partial charge on any atom is 0.302 e. The molecule has 1 atom stereocenters. The van der Waals surface area contributed by atoms with Crippen LogP contribution in [0, 0.1) is 0 Å². The lowest BCUT2D eigenvalue weighted by Gasteiger charge is -2.15. The van der Waals surface area contributed by atoms with Crippen molar-refractivity contribution in [1.82, 2.24) is 0 Å². The van der Waals surface area contributed by atoms with Gasteiger partial charge in [-0.3, -0.25) is 9.59 Å². The number of amides is 1. The zero-order valence-electron chi connectivity index (χ0n) is 9.18. The van der Waals surface area contributed by atoms with Crippen LogP contribution in [0.25, 0.3) is 0 Å². The first-order valence-electron chi connectivity index (χ1n) is 5.06. The number of ether oxygens (including phenoxy) is 1. The van der Waals surface area contributed by atoms with E-state index >= 15 is 0 Å². The van der Waals surface area contributed by atoms with Crippen LogP contribution < -0.4 is 5.73 Å². The molecule has 0 bridgehead atoms. The molecule has 0 heterocycles. The summed E-state index contributed by atoms with van der Waals surface area (Å²) in [5, 5.41) is 0. The number of hydrogen-bond acceptors (Lipinski definition) is 3. The molecule has 0 fully saturated rings. The zero-order chi connectivity index (χ0) is 12.0. The quantitative estimate of drug-likeness (QED) is 0.760. The first kappa shape index (κ1) is 12.2. The minimum absolute atomic E-state index is 0.164. The molecule has 0 aliphatic rings. The van der Waals surface area contributed by atoms with Gasteiger partial charge in [0.05, 0.1) is 6.61 Å². The van der Waals surface area contributed by atoms with Crippen molar-refractivity contribution in [2.75, 3.05) is 6.61 Å². The highest BCUT2D eigenvalue weighted by atomic mass is 16.5. The summed E-state index contributed by atoms with van der Waals surface area (Å²) < 4.78 is 4.91. The van der Waals surface area contributed by atoms with Crippen molar-refractivity contribution in [3.05, 3.63) is 35.9 Å². The van der Waals surface area contributed by atoms with Gasteiger partial charge < -0.3 is 10.5 Å². The molecule has 1 aromatic carbocycles. The first-order valence-corrected chi connectivity index (χ1v) is 5.06. The maximum atomic E-state index is 10.9. The van der Waals surface area contributed by atoms with Crippen LogP contribution in [0.1, 0.15) is 24.8 Å². The lowest BCUT2D eigenvalue weighted by molar-refractivity contribution is -0.142. The third-order valence-corrected chi connectivity index (χ3v) is 2.21. The van der Waals surface area contributed by atoms with E-state index in [0.717, 1.165) is 5.56 Å². The molecule has 1 aromatic rings. The number of carbonyl (C=O) groups is 2. The topological polar surface area (TPSA) is 69.4 Å². The van der Waals surface area contributed by atoms with Crippen LogP contribution in [0.2, 0.25) is 0 Å². The van der Waals surface area contributed by atoms with E-state index in [1.54, 1.807) is 0 Å². The monoisotopic (exact) mass is 221 g/mol. The van der Waals surface area contributed by atoms with E-state index in [9.17, 15) is 9.59 Å². The van der Waals surface area contributed by atoms with E-state index in [-0.39, 0.29) is 24.9 Å². The van der Waals surface area contributed by atoms with Gasteiger partial charge in [0.1, 0.15) is 0 Å². The highest BCUT2D eigenvalue weighted by Crippen LogP contribution is 2.19. The fraction of sp³-hybridized carbons (Fsp3) is 0.333. The van der Waals surface area contributed by atoms with Gasteiger partial charge in [-0.1, -0.05) is 30.3 Å². The Bertz CT molecular complexity index is 362. The maximum absolute atomic E-state index is 10.9. The van der Waals surface area contributed by atoms with Crippen LogP contribution in [0.4, 0.5) is 0 Å². The number of esters is 1. The lowest BCUT2D eigenvalue weighted by Crippen LogP contribution is -2.19. The molecule has 1 amide bonds. The van der Waals surface area contributed by atoms with E-state index in [0.29, 0.717) is 0 Å². The minimum atomic E-state index is -0.402. The van der Waals surface area contributed by atoms with Crippen molar-refractivity contribution >= 4 is 11.9 Å². The number of benzene rings is 1. The van der Waals surface area contributed by atoms with Crippen LogP contribution in [0.15, 0.2) is 30.3 Å². The third kappa shape index (κ3) is 4.13. The smallest absolute Gasteiger partial charge is 0.302 e. The molecule has 2 N–H and O–H groups in total. The molecule has 0 saturated carbocycles. The summed E-state index contributed by atoms with van der Waals surface area (Å²) in [6.45, 7) is 1.52. The summed E-state index contributed by atoms with van der Waals surface area (Å²) in [5.74, 6) is -0.922. The van der Waals surface area contributed by atoms with E-state index in [2.05, 4.69) is 0 Å². The van der Waals surface area contributed by atoms with Gasteiger partial charge in [0.15, 0.2) is 0 Å². The van der Waals surface area contributed by atoms with Crippen molar-refractivity contribution in [2.24, 2.45) is 5.73 Å². The normalized spacial score (nSPS) is 11.8. The van der Waals surface area contributed by atoms with Crippen LogP contribution in [0.3, 0.4) is 0 Å². The van der Waals surface area contributed by atoms with Gasteiger partial charge in [0.25, 0.3) is 0 Å². The van der Waals surface area contributed by atoms with Crippen LogP contribution in [-0.4, -0.2) is 18.5 Å². The molecule has 4 heteroatoms. The van der Waals surface area contributed by atoms with Gasteiger partial charge in [0.2, 0.25) is 5.91 Å². The molecular formula is C12H15NO3. The largest absolute Gasteiger partial charge is 0.465 e. The summed E-state index contributed by atoms with van der Waals surface area (Å²) >= 11 is 0. The number of rotatable bonds is 5. The third-order valence-electron chi connectivity index (χ3n) is 2.21. The van der Waals surface area contributed by atoms with Crippen molar-refractivity contribution in [2.45, 2.75) is 19.3 Å². The van der Waals surface area contributed by atoms with Crippen molar-refractivity contribution in [3.8, 4) is 0 Å². The molecule has 16 heavy (non-hydrogen) atoms. The fourth-order valence-corrected chi connectivity index (χ4v) is 1.46. The molecule has 0 aliphatic carbocycles. The molecule has 86 valence electrons. The predicted molar refractivity (Wildman–Crippen MR) is 59.6 cm³/mol. The average molecular weight is 221 g/mol. The Morgan fingerprint density at radius 1 is 1.31 bits per heavy atom. The van der Waals surface area contributed by atoms with Gasteiger partial charge in [-0.15, -0.1) is 0 Å². The Hall–Kier alpha value is -1.84. The Kier molecular flexibility index (Phi) is 4.51. The van der Waals surface area contributed by atoms with Gasteiger partial charge >= 0.3 is 5.97 Å². The molecule has 1 unspecified atom stereocenters. The molecule has 4 nitrogen and oxygen atoms in total. The second-order valence-electron chi connectivity index (χ2n) is 3.58. The van der Waals surface area contributed by atoms with E-state index in [1.165, 1.54) is 6.92 Å². The summed E-state index contributed by atoms with van der Waals surface area (Å²) in [7, 11) is 0. The predicted octanol–water partition coefficient (Wildman–Crippen LogP) is 1.21. The second-order valence-corrected chi connectivity index (χ2v) is 3.58. The Balaban J connectivity index is 2.71. The van der Waals surface area contributed by atoms with E-state index in [4.69, 9.17) is 10.5 Å². The second kappa shape index (κ2) is 5.90. The van der Waals surface area contributed by atoms with E-state index < -0.39 is 5.91 Å². The zero-order valence-corrected chi connectivity index (χ0v) is 9.18. The van der Waals surface area contributed by atoms with Crippen LogP contribution >= 0.6 is 0 Å². The Morgan fingerprint density at radius 2 is 1.94 bits per heavy atom. The van der Waals surface area contributed by atoms with Gasteiger partial charge in [-0.05, 0) is 5.56 Å². The number of hydrogen-bond donors (Lipinski definition) is 1. The van der Waals surface area contributed by atoms with Crippen molar-refractivity contribution in [3.63, 3.8) is 0 Å². The number of primary amides is 1. The van der Waals surface area contributed by atoms with Crippen molar-refractivity contribution in [1.29, 1.82) is 0 Å². The highest BCUT2D eigenvalue weighted by molar-refractivity contribution is 5.75. The molecule has 0 aromatic heterocycles. The van der Waals surface area contributed by atoms with E-state index in [1.807, 2.05) is 30.3 Å². The SMILES string of the molecule is CC(=O)OCC(CC(N)=O)c1ccccc1. The Labute approximate surface area is 94.4 Å². The minimum Gasteiger partial charge on any atom is -0.465 e. The lowest BCUT2D eigenvalue weighted by atomic mass is 9.96. The number of carbonyl (C=O) groups excluding carboxylic acids is 2. The van der Waals surface area contributed by atoms with Crippen molar-refractivity contribution < 1.29 is 14.3 Å². The molecule has 0 radical (unpaired) electrons. The molecule has 0 saturated heterocycles. The molecule has 0 spiro atoms. The van der Waals surface area contributed by atoms with Gasteiger partial charge in [0, 0.05) is 19.3 Å².